The van der Waals surface area contributed by atoms with Gasteiger partial charge in [0.05, 0.1) is 17.8 Å². The van der Waals surface area contributed by atoms with E-state index in [0.29, 0.717) is 23.9 Å². The number of nitrogens with zero attached hydrogens (tertiary/aromatic N) is 3. The summed E-state index contributed by atoms with van der Waals surface area (Å²) in [6, 6.07) is 0. The predicted molar refractivity (Wildman–Crippen MR) is 76.7 cm³/mol. The number of carbonyl (C=O) groups excluding carboxylic acids is 2. The zero-order chi connectivity index (χ0) is 14.8. The quantitative estimate of drug-likeness (QED) is 0.885. The summed E-state index contributed by atoms with van der Waals surface area (Å²) >= 11 is 0. The first-order valence-electron chi connectivity index (χ1n) is 7.52. The lowest BCUT2D eigenvalue weighted by Crippen LogP contribution is -2.41. The molecule has 1 N–H and O–H groups in total. The van der Waals surface area contributed by atoms with E-state index >= 15 is 0 Å². The third-order valence-corrected chi connectivity index (χ3v) is 3.97. The van der Waals surface area contributed by atoms with Crippen molar-refractivity contribution in [3.8, 4) is 0 Å². The molecule has 2 amide bonds. The fourth-order valence-corrected chi connectivity index (χ4v) is 2.56. The Morgan fingerprint density at radius 3 is 3.05 bits per heavy atom. The summed E-state index contributed by atoms with van der Waals surface area (Å²) in [5.41, 5.74) is 1.33. The molecular weight excluding hydrogens is 268 g/mol. The second kappa shape index (κ2) is 5.79. The topological polar surface area (TPSA) is 75.2 Å². The zero-order valence-electron chi connectivity index (χ0n) is 12.3. The standard InChI is InChI=1S/C15H20N4O2/c1-10-16-8-12-13(18-10)3-2-6-19(15(12)21)9-14(20)17-7-11-4-5-11/h8,11H,2-7,9H2,1H3,(H,17,20). The van der Waals surface area contributed by atoms with E-state index in [1.54, 1.807) is 11.1 Å². The highest BCUT2D eigenvalue weighted by atomic mass is 16.2. The Bertz CT molecular complexity index is 569. The predicted octanol–water partition coefficient (Wildman–Crippen LogP) is 0.700. The molecule has 1 saturated carbocycles. The maximum absolute atomic E-state index is 12.5. The molecule has 6 nitrogen and oxygen atoms in total. The normalized spacial score (nSPS) is 18.1. The number of hydrogen-bond donors (Lipinski definition) is 1. The number of rotatable bonds is 4. The average molecular weight is 288 g/mol. The Morgan fingerprint density at radius 2 is 2.29 bits per heavy atom. The van der Waals surface area contributed by atoms with Gasteiger partial charge >= 0.3 is 0 Å². The van der Waals surface area contributed by atoms with E-state index in [4.69, 9.17) is 0 Å². The van der Waals surface area contributed by atoms with Crippen molar-refractivity contribution in [2.75, 3.05) is 19.6 Å². The van der Waals surface area contributed by atoms with Gasteiger partial charge in [-0.3, -0.25) is 9.59 Å². The van der Waals surface area contributed by atoms with E-state index < -0.39 is 0 Å². The van der Waals surface area contributed by atoms with Crippen molar-refractivity contribution < 1.29 is 9.59 Å². The maximum Gasteiger partial charge on any atom is 0.257 e. The number of aromatic nitrogens is 2. The van der Waals surface area contributed by atoms with Gasteiger partial charge in [-0.1, -0.05) is 0 Å². The Balaban J connectivity index is 1.66. The highest BCUT2D eigenvalue weighted by Gasteiger charge is 2.26. The van der Waals surface area contributed by atoms with Crippen LogP contribution in [0.15, 0.2) is 6.20 Å². The summed E-state index contributed by atoms with van der Waals surface area (Å²) in [6.45, 7) is 3.27. The molecule has 112 valence electrons. The van der Waals surface area contributed by atoms with Crippen LogP contribution in [0.1, 0.15) is 41.1 Å². The van der Waals surface area contributed by atoms with Crippen molar-refractivity contribution >= 4 is 11.8 Å². The van der Waals surface area contributed by atoms with E-state index in [2.05, 4.69) is 15.3 Å². The minimum atomic E-state index is -0.135. The Labute approximate surface area is 124 Å². The van der Waals surface area contributed by atoms with Gasteiger partial charge < -0.3 is 10.2 Å². The minimum Gasteiger partial charge on any atom is -0.354 e. The van der Waals surface area contributed by atoms with Crippen LogP contribution < -0.4 is 5.32 Å². The summed E-state index contributed by atoms with van der Waals surface area (Å²) in [7, 11) is 0. The Kier molecular flexibility index (Phi) is 3.86. The number of nitrogens with one attached hydrogen (secondary N) is 1. The number of fused-ring (bicyclic) bond motifs is 1. The number of carbonyl (C=O) groups is 2. The third kappa shape index (κ3) is 3.37. The van der Waals surface area contributed by atoms with Crippen LogP contribution in [0, 0.1) is 12.8 Å². The van der Waals surface area contributed by atoms with Crippen LogP contribution in [0.25, 0.3) is 0 Å². The van der Waals surface area contributed by atoms with Crippen molar-refractivity contribution in [3.63, 3.8) is 0 Å². The summed E-state index contributed by atoms with van der Waals surface area (Å²) in [6.07, 6.45) is 5.57. The molecule has 1 aliphatic carbocycles. The van der Waals surface area contributed by atoms with Crippen molar-refractivity contribution in [1.29, 1.82) is 0 Å². The van der Waals surface area contributed by atoms with E-state index in [1.807, 2.05) is 6.92 Å². The second-order valence-corrected chi connectivity index (χ2v) is 5.86. The van der Waals surface area contributed by atoms with Gasteiger partial charge in [-0.25, -0.2) is 9.97 Å². The van der Waals surface area contributed by atoms with Gasteiger partial charge in [0.15, 0.2) is 0 Å². The van der Waals surface area contributed by atoms with Crippen molar-refractivity contribution in [2.45, 2.75) is 32.6 Å². The highest BCUT2D eigenvalue weighted by molar-refractivity contribution is 5.97. The number of amides is 2. The molecule has 0 aromatic carbocycles. The minimum absolute atomic E-state index is 0.0771. The van der Waals surface area contributed by atoms with Crippen molar-refractivity contribution in [1.82, 2.24) is 20.2 Å². The largest absolute Gasteiger partial charge is 0.354 e. The summed E-state index contributed by atoms with van der Waals surface area (Å²) in [4.78, 5) is 34.5. The average Bonchev–Trinajstić information content (AvgIpc) is 3.27. The highest BCUT2D eigenvalue weighted by Crippen LogP contribution is 2.27. The molecule has 0 bridgehead atoms. The van der Waals surface area contributed by atoms with Crippen LogP contribution in [0.2, 0.25) is 0 Å². The summed E-state index contributed by atoms with van der Waals surface area (Å²) < 4.78 is 0. The van der Waals surface area contributed by atoms with Crippen LogP contribution in [0.4, 0.5) is 0 Å². The molecule has 2 aliphatic rings. The zero-order valence-corrected chi connectivity index (χ0v) is 12.3. The van der Waals surface area contributed by atoms with Gasteiger partial charge in [0.25, 0.3) is 5.91 Å². The molecule has 6 heteroatoms. The van der Waals surface area contributed by atoms with Crippen molar-refractivity contribution in [2.24, 2.45) is 5.92 Å². The van der Waals surface area contributed by atoms with E-state index in [1.165, 1.54) is 12.8 Å². The number of aryl methyl sites for hydroxylation is 2. The monoisotopic (exact) mass is 288 g/mol. The van der Waals surface area contributed by atoms with Gasteiger partial charge in [0.2, 0.25) is 5.91 Å². The maximum atomic E-state index is 12.5. The number of hydrogen-bond acceptors (Lipinski definition) is 4. The molecule has 1 aromatic rings. The molecule has 0 unspecified atom stereocenters. The first kappa shape index (κ1) is 14.0. The molecule has 0 spiro atoms. The van der Waals surface area contributed by atoms with Crippen LogP contribution in [0.5, 0.6) is 0 Å². The summed E-state index contributed by atoms with van der Waals surface area (Å²) in [5, 5.41) is 2.90. The Hall–Kier alpha value is -1.98. The van der Waals surface area contributed by atoms with Crippen LogP contribution >= 0.6 is 0 Å². The van der Waals surface area contributed by atoms with Gasteiger partial charge in [0, 0.05) is 19.3 Å². The fourth-order valence-electron chi connectivity index (χ4n) is 2.56. The lowest BCUT2D eigenvalue weighted by atomic mass is 10.1. The van der Waals surface area contributed by atoms with Crippen LogP contribution in [-0.4, -0.2) is 46.3 Å². The van der Waals surface area contributed by atoms with E-state index in [-0.39, 0.29) is 18.4 Å². The van der Waals surface area contributed by atoms with Gasteiger partial charge in [0.1, 0.15) is 5.82 Å². The van der Waals surface area contributed by atoms with Gasteiger partial charge in [-0.2, -0.15) is 0 Å². The molecule has 21 heavy (non-hydrogen) atoms. The molecule has 2 heterocycles. The van der Waals surface area contributed by atoms with Crippen LogP contribution in [-0.2, 0) is 11.2 Å². The smallest absolute Gasteiger partial charge is 0.257 e. The summed E-state index contributed by atoms with van der Waals surface area (Å²) in [5.74, 6) is 1.11. The van der Waals surface area contributed by atoms with Gasteiger partial charge in [-0.05, 0) is 38.5 Å². The third-order valence-electron chi connectivity index (χ3n) is 3.97. The molecule has 0 atom stereocenters. The molecule has 1 aromatic heterocycles. The SMILES string of the molecule is Cc1ncc2c(n1)CCCN(CC(=O)NCC1CC1)C2=O. The molecule has 0 radical (unpaired) electrons. The molecule has 1 aliphatic heterocycles. The first-order chi connectivity index (χ1) is 10.1. The molecule has 0 saturated heterocycles. The van der Waals surface area contributed by atoms with Gasteiger partial charge in [-0.15, -0.1) is 0 Å². The lowest BCUT2D eigenvalue weighted by Gasteiger charge is -2.20. The Morgan fingerprint density at radius 1 is 1.48 bits per heavy atom. The first-order valence-corrected chi connectivity index (χ1v) is 7.52. The second-order valence-electron chi connectivity index (χ2n) is 5.86. The van der Waals surface area contributed by atoms with Crippen LogP contribution in [0.3, 0.4) is 0 Å². The molecular formula is C15H20N4O2. The van der Waals surface area contributed by atoms with Crippen molar-refractivity contribution in [3.05, 3.63) is 23.3 Å². The van der Waals surface area contributed by atoms with E-state index in [0.717, 1.165) is 25.1 Å². The molecule has 3 rings (SSSR count). The lowest BCUT2D eigenvalue weighted by molar-refractivity contribution is -0.121. The fraction of sp³-hybridized carbons (Fsp3) is 0.600. The molecule has 1 fully saturated rings. The van der Waals surface area contributed by atoms with E-state index in [9.17, 15) is 9.59 Å².